The summed E-state index contributed by atoms with van der Waals surface area (Å²) in [4.78, 5) is 46.7. The number of nitro benzene ring substituents is 2. The van der Waals surface area contributed by atoms with E-state index < -0.39 is 33.1 Å². The highest BCUT2D eigenvalue weighted by Gasteiger charge is 2.35. The number of nitro groups is 2. The van der Waals surface area contributed by atoms with Gasteiger partial charge in [-0.1, -0.05) is 18.2 Å². The average molecular weight is 457 g/mol. The summed E-state index contributed by atoms with van der Waals surface area (Å²) in [6.45, 7) is 1.76. The number of amidine groups is 1. The Morgan fingerprint density at radius 2 is 1.91 bits per heavy atom. The van der Waals surface area contributed by atoms with Crippen molar-refractivity contribution in [3.8, 4) is 0 Å². The number of anilines is 2. The first kappa shape index (κ1) is 22.4. The number of non-ortho nitro benzene ring substituents is 1. The fraction of sp³-hybridized carbons (Fsp3) is 0.105. The third-order valence-electron chi connectivity index (χ3n) is 4.02. The number of hydrogen-bond acceptors (Lipinski definition) is 10. The van der Waals surface area contributed by atoms with Gasteiger partial charge < -0.3 is 4.74 Å². The summed E-state index contributed by atoms with van der Waals surface area (Å²) < 4.78 is 4.85. The van der Waals surface area contributed by atoms with Gasteiger partial charge in [0.25, 0.3) is 11.6 Å². The largest absolute Gasteiger partial charge is 0.463 e. The van der Waals surface area contributed by atoms with E-state index in [0.29, 0.717) is 5.69 Å². The zero-order chi connectivity index (χ0) is 23.3. The minimum Gasteiger partial charge on any atom is -0.463 e. The number of para-hydroxylation sites is 1. The van der Waals surface area contributed by atoms with Crippen LogP contribution in [-0.4, -0.2) is 33.5 Å². The maximum atomic E-state index is 12.9. The number of carbonyl (C=O) groups is 2. The van der Waals surface area contributed by atoms with Crippen LogP contribution in [0.5, 0.6) is 0 Å². The van der Waals surface area contributed by atoms with Crippen molar-refractivity contribution in [3.63, 3.8) is 0 Å². The van der Waals surface area contributed by atoms with Gasteiger partial charge in [-0.2, -0.15) is 0 Å². The number of ether oxygens (including phenoxy) is 1. The third-order valence-corrected chi connectivity index (χ3v) is 4.99. The van der Waals surface area contributed by atoms with Crippen molar-refractivity contribution in [3.05, 3.63) is 79.7 Å². The highest BCUT2D eigenvalue weighted by molar-refractivity contribution is 8.19. The molecule has 0 aromatic heterocycles. The van der Waals surface area contributed by atoms with Gasteiger partial charge in [-0.3, -0.25) is 35.3 Å². The molecule has 2 aromatic carbocycles. The fourth-order valence-electron chi connectivity index (χ4n) is 2.63. The number of amides is 1. The molecule has 1 saturated heterocycles. The molecule has 3 rings (SSSR count). The SMILES string of the molecule is CCOC(=O)/C=C1\S/C(=N\Nc2ccc([N+](=O)[O-])cc2[N+](=O)[O-])N(c2ccccc2)C1=O. The van der Waals surface area contributed by atoms with E-state index in [0.717, 1.165) is 36.0 Å². The Bertz CT molecular complexity index is 1150. The lowest BCUT2D eigenvalue weighted by Crippen LogP contribution is -2.29. The second-order valence-electron chi connectivity index (χ2n) is 6.06. The number of thioether (sulfide) groups is 1. The molecule has 164 valence electrons. The molecule has 1 aliphatic rings. The predicted octanol–water partition coefficient (Wildman–Crippen LogP) is 3.41. The molecule has 1 fully saturated rings. The maximum absolute atomic E-state index is 12.9. The first-order valence-electron chi connectivity index (χ1n) is 9.04. The number of benzene rings is 2. The lowest BCUT2D eigenvalue weighted by molar-refractivity contribution is -0.393. The van der Waals surface area contributed by atoms with E-state index in [1.165, 1.54) is 4.90 Å². The van der Waals surface area contributed by atoms with E-state index in [1.807, 2.05) is 0 Å². The minimum atomic E-state index is -0.788. The number of esters is 1. The van der Waals surface area contributed by atoms with Crippen molar-refractivity contribution >= 4 is 51.6 Å². The van der Waals surface area contributed by atoms with Crippen molar-refractivity contribution in [2.45, 2.75) is 6.92 Å². The zero-order valence-electron chi connectivity index (χ0n) is 16.5. The van der Waals surface area contributed by atoms with Crippen LogP contribution in [0.1, 0.15) is 6.92 Å². The standard InChI is InChI=1S/C19H15N5O7S/c1-2-31-17(25)11-16-18(26)22(12-6-4-3-5-7-12)19(32-16)21-20-14-9-8-13(23(27)28)10-15(14)24(29)30/h3-11,20H,2H2,1H3/b16-11-,21-19-. The topological polar surface area (TPSA) is 157 Å². The second-order valence-corrected chi connectivity index (χ2v) is 7.07. The molecular weight excluding hydrogens is 442 g/mol. The minimum absolute atomic E-state index is 0.0473. The molecule has 0 spiro atoms. The van der Waals surface area contributed by atoms with Crippen molar-refractivity contribution in [2.24, 2.45) is 5.10 Å². The highest BCUT2D eigenvalue weighted by atomic mass is 32.2. The number of nitrogens with zero attached hydrogens (tertiary/aromatic N) is 4. The van der Waals surface area contributed by atoms with Crippen LogP contribution < -0.4 is 10.3 Å². The van der Waals surface area contributed by atoms with Crippen molar-refractivity contribution in [1.29, 1.82) is 0 Å². The Labute approximate surface area is 184 Å². The summed E-state index contributed by atoms with van der Waals surface area (Å²) in [5.74, 6) is -1.23. The van der Waals surface area contributed by atoms with Crippen LogP contribution in [0.2, 0.25) is 0 Å². The second kappa shape index (κ2) is 9.70. The molecule has 0 saturated carbocycles. The van der Waals surface area contributed by atoms with E-state index in [-0.39, 0.29) is 22.4 Å². The van der Waals surface area contributed by atoms with Crippen LogP contribution in [-0.2, 0) is 14.3 Å². The van der Waals surface area contributed by atoms with Gasteiger partial charge in [-0.25, -0.2) is 4.79 Å². The normalized spacial score (nSPS) is 15.8. The van der Waals surface area contributed by atoms with Crippen LogP contribution >= 0.6 is 11.8 Å². The van der Waals surface area contributed by atoms with Crippen LogP contribution in [0.15, 0.2) is 64.6 Å². The van der Waals surface area contributed by atoms with Crippen molar-refractivity contribution in [2.75, 3.05) is 16.9 Å². The van der Waals surface area contributed by atoms with Crippen molar-refractivity contribution in [1.82, 2.24) is 0 Å². The molecule has 1 aliphatic heterocycles. The number of carbonyl (C=O) groups excluding carboxylic acids is 2. The van der Waals surface area contributed by atoms with Gasteiger partial charge in [-0.05, 0) is 36.9 Å². The van der Waals surface area contributed by atoms with Gasteiger partial charge in [0, 0.05) is 12.1 Å². The fourth-order valence-corrected chi connectivity index (χ4v) is 3.53. The quantitative estimate of drug-likeness (QED) is 0.285. The first-order valence-corrected chi connectivity index (χ1v) is 9.85. The van der Waals surface area contributed by atoms with E-state index in [2.05, 4.69) is 10.5 Å². The molecule has 12 nitrogen and oxygen atoms in total. The monoisotopic (exact) mass is 457 g/mol. The summed E-state index contributed by atoms with van der Waals surface area (Å²) in [5, 5.41) is 26.4. The number of hydrogen-bond donors (Lipinski definition) is 1. The summed E-state index contributed by atoms with van der Waals surface area (Å²) in [6, 6.07) is 11.5. The van der Waals surface area contributed by atoms with Crippen LogP contribution in [0.4, 0.5) is 22.7 Å². The lowest BCUT2D eigenvalue weighted by atomic mass is 10.2. The summed E-state index contributed by atoms with van der Waals surface area (Å²) in [6.07, 6.45) is 1.04. The molecular formula is C19H15N5O7S. The van der Waals surface area contributed by atoms with Gasteiger partial charge in [0.15, 0.2) is 5.17 Å². The summed E-state index contributed by atoms with van der Waals surface area (Å²) in [5.41, 5.74) is 1.81. The molecule has 13 heteroatoms. The summed E-state index contributed by atoms with van der Waals surface area (Å²) in [7, 11) is 0. The molecule has 32 heavy (non-hydrogen) atoms. The average Bonchev–Trinajstić information content (AvgIpc) is 3.07. The van der Waals surface area contributed by atoms with Gasteiger partial charge in [-0.15, -0.1) is 5.10 Å². The molecule has 0 unspecified atom stereocenters. The Kier molecular flexibility index (Phi) is 6.80. The van der Waals surface area contributed by atoms with Gasteiger partial charge >= 0.3 is 11.7 Å². The molecule has 0 aliphatic carbocycles. The van der Waals surface area contributed by atoms with Crippen LogP contribution in [0.25, 0.3) is 0 Å². The smallest absolute Gasteiger partial charge is 0.332 e. The number of nitrogens with one attached hydrogen (secondary N) is 1. The molecule has 0 radical (unpaired) electrons. The molecule has 0 bridgehead atoms. The Balaban J connectivity index is 1.98. The third kappa shape index (κ3) is 4.89. The number of hydrazone groups is 1. The molecule has 1 N–H and O–H groups in total. The highest BCUT2D eigenvalue weighted by Crippen LogP contribution is 2.35. The molecule has 1 heterocycles. The van der Waals surface area contributed by atoms with Crippen LogP contribution in [0, 0.1) is 20.2 Å². The summed E-state index contributed by atoms with van der Waals surface area (Å²) >= 11 is 0.864. The molecule has 0 atom stereocenters. The predicted molar refractivity (Wildman–Crippen MR) is 117 cm³/mol. The van der Waals surface area contributed by atoms with Crippen molar-refractivity contribution < 1.29 is 24.2 Å². The Morgan fingerprint density at radius 1 is 1.19 bits per heavy atom. The van der Waals surface area contributed by atoms with Gasteiger partial charge in [0.2, 0.25) is 0 Å². The molecule has 1 amide bonds. The molecule has 2 aromatic rings. The van der Waals surface area contributed by atoms with E-state index in [1.54, 1.807) is 37.3 Å². The van der Waals surface area contributed by atoms with Gasteiger partial charge in [0.1, 0.15) is 5.69 Å². The zero-order valence-corrected chi connectivity index (χ0v) is 17.3. The Hall–Kier alpha value is -4.26. The first-order chi connectivity index (χ1) is 15.3. The lowest BCUT2D eigenvalue weighted by Gasteiger charge is -2.15. The van der Waals surface area contributed by atoms with Gasteiger partial charge in [0.05, 0.1) is 33.1 Å². The van der Waals surface area contributed by atoms with E-state index in [4.69, 9.17) is 4.74 Å². The van der Waals surface area contributed by atoms with Crippen LogP contribution in [0.3, 0.4) is 0 Å². The number of rotatable bonds is 7. The van der Waals surface area contributed by atoms with E-state index >= 15 is 0 Å². The Morgan fingerprint density at radius 3 is 2.53 bits per heavy atom. The van der Waals surface area contributed by atoms with E-state index in [9.17, 15) is 29.8 Å². The maximum Gasteiger partial charge on any atom is 0.332 e.